The highest BCUT2D eigenvalue weighted by molar-refractivity contribution is 8.18. The Kier molecular flexibility index (Phi) is 5.98. The fourth-order valence-electron chi connectivity index (χ4n) is 4.75. The van der Waals surface area contributed by atoms with Crippen molar-refractivity contribution < 1.29 is 4.79 Å². The summed E-state index contributed by atoms with van der Waals surface area (Å²) in [6, 6.07) is 14.7. The van der Waals surface area contributed by atoms with Crippen LogP contribution in [-0.4, -0.2) is 23.2 Å². The van der Waals surface area contributed by atoms with Gasteiger partial charge in [0.15, 0.2) is 5.17 Å². The molecule has 2 heterocycles. The lowest BCUT2D eigenvalue weighted by molar-refractivity contribution is -0.115. The Morgan fingerprint density at radius 1 is 1.19 bits per heavy atom. The van der Waals surface area contributed by atoms with Crippen molar-refractivity contribution in [3.05, 3.63) is 64.1 Å². The summed E-state index contributed by atoms with van der Waals surface area (Å²) in [6.07, 6.45) is 4.10. The van der Waals surface area contributed by atoms with Crippen LogP contribution in [-0.2, 0) is 11.2 Å². The van der Waals surface area contributed by atoms with Crippen LogP contribution >= 0.6 is 11.8 Å². The summed E-state index contributed by atoms with van der Waals surface area (Å²) in [5.74, 6) is 0.399. The van der Waals surface area contributed by atoms with Crippen molar-refractivity contribution in [2.24, 2.45) is 4.99 Å². The highest BCUT2D eigenvalue weighted by atomic mass is 32.2. The predicted octanol–water partition coefficient (Wildman–Crippen LogP) is 6.25. The van der Waals surface area contributed by atoms with Crippen LogP contribution < -0.4 is 10.2 Å². The minimum atomic E-state index is -0.0870. The van der Waals surface area contributed by atoms with Crippen molar-refractivity contribution in [1.29, 1.82) is 0 Å². The van der Waals surface area contributed by atoms with Crippen molar-refractivity contribution >= 4 is 40.3 Å². The molecule has 4 nitrogen and oxygen atoms in total. The maximum atomic E-state index is 12.5. The number of nitrogens with zero attached hydrogens (tertiary/aromatic N) is 2. The summed E-state index contributed by atoms with van der Waals surface area (Å²) in [5, 5.41) is 3.53. The SMILES string of the molecule is CCc1ccc(N=C2NC(=O)/C(=C/c3ccc4c(c3)[C@H](C)CC(C)(C)N4CC)S2)cc1. The molecule has 0 spiro atoms. The minimum Gasteiger partial charge on any atom is -0.366 e. The van der Waals surface area contributed by atoms with E-state index in [0.29, 0.717) is 16.0 Å². The average molecular weight is 434 g/mol. The molecule has 4 rings (SSSR count). The van der Waals surface area contributed by atoms with Gasteiger partial charge in [0.05, 0.1) is 10.6 Å². The largest absolute Gasteiger partial charge is 0.366 e. The molecule has 5 heteroatoms. The molecule has 2 aliphatic heterocycles. The van der Waals surface area contributed by atoms with E-state index in [1.54, 1.807) is 0 Å². The smallest absolute Gasteiger partial charge is 0.264 e. The molecule has 0 saturated carbocycles. The first kappa shape index (κ1) is 21.7. The molecular weight excluding hydrogens is 402 g/mol. The van der Waals surface area contributed by atoms with Gasteiger partial charge in [-0.1, -0.05) is 32.0 Å². The Morgan fingerprint density at radius 3 is 2.61 bits per heavy atom. The highest BCUT2D eigenvalue weighted by Crippen LogP contribution is 2.43. The monoisotopic (exact) mass is 433 g/mol. The first-order valence-corrected chi connectivity index (χ1v) is 11.9. The molecular formula is C26H31N3OS. The van der Waals surface area contributed by atoms with Crippen LogP contribution in [0.3, 0.4) is 0 Å². The van der Waals surface area contributed by atoms with E-state index in [9.17, 15) is 4.79 Å². The van der Waals surface area contributed by atoms with Crippen molar-refractivity contribution in [2.75, 3.05) is 11.4 Å². The van der Waals surface area contributed by atoms with Gasteiger partial charge in [-0.3, -0.25) is 4.79 Å². The molecule has 1 amide bonds. The van der Waals surface area contributed by atoms with Crippen LogP contribution in [0.2, 0.25) is 0 Å². The molecule has 0 bridgehead atoms. The lowest BCUT2D eigenvalue weighted by atomic mass is 9.79. The van der Waals surface area contributed by atoms with E-state index < -0.39 is 0 Å². The van der Waals surface area contributed by atoms with E-state index >= 15 is 0 Å². The van der Waals surface area contributed by atoms with Gasteiger partial charge in [0, 0.05) is 17.8 Å². The summed E-state index contributed by atoms with van der Waals surface area (Å²) in [7, 11) is 0. The lowest BCUT2D eigenvalue weighted by Crippen LogP contribution is -2.48. The number of anilines is 1. The normalized spacial score (nSPS) is 22.7. The van der Waals surface area contributed by atoms with Crippen molar-refractivity contribution in [2.45, 2.75) is 58.9 Å². The summed E-state index contributed by atoms with van der Waals surface area (Å²) >= 11 is 1.40. The number of carbonyl (C=O) groups excluding carboxylic acids is 1. The van der Waals surface area contributed by atoms with Gasteiger partial charge in [-0.2, -0.15) is 0 Å². The zero-order valence-corrected chi connectivity index (χ0v) is 19.8. The number of carbonyl (C=O) groups is 1. The Balaban J connectivity index is 1.58. The third-order valence-electron chi connectivity index (χ3n) is 6.25. The van der Waals surface area contributed by atoms with Crippen molar-refractivity contribution in [3.8, 4) is 0 Å². The molecule has 0 aliphatic carbocycles. The molecule has 2 aromatic rings. The van der Waals surface area contributed by atoms with Crippen LogP contribution in [0.5, 0.6) is 0 Å². The fourth-order valence-corrected chi connectivity index (χ4v) is 5.59. The number of amidine groups is 1. The first-order valence-electron chi connectivity index (χ1n) is 11.1. The van der Waals surface area contributed by atoms with Gasteiger partial charge in [0.25, 0.3) is 5.91 Å². The topological polar surface area (TPSA) is 44.7 Å². The molecule has 2 aliphatic rings. The molecule has 162 valence electrons. The Bertz CT molecular complexity index is 1050. The summed E-state index contributed by atoms with van der Waals surface area (Å²) in [4.78, 5) is 20.3. The number of amides is 1. The third-order valence-corrected chi connectivity index (χ3v) is 7.16. The number of benzene rings is 2. The van der Waals surface area contributed by atoms with E-state index in [0.717, 1.165) is 30.6 Å². The second-order valence-electron chi connectivity index (χ2n) is 8.98. The predicted molar refractivity (Wildman–Crippen MR) is 133 cm³/mol. The van der Waals surface area contributed by atoms with Gasteiger partial charge in [-0.25, -0.2) is 4.99 Å². The molecule has 1 saturated heterocycles. The van der Waals surface area contributed by atoms with E-state index in [4.69, 9.17) is 0 Å². The number of aryl methyl sites for hydroxylation is 1. The van der Waals surface area contributed by atoms with Crippen LogP contribution in [0.25, 0.3) is 6.08 Å². The van der Waals surface area contributed by atoms with Crippen molar-refractivity contribution in [1.82, 2.24) is 5.32 Å². The van der Waals surface area contributed by atoms with Crippen molar-refractivity contribution in [3.63, 3.8) is 0 Å². The molecule has 0 unspecified atom stereocenters. The minimum absolute atomic E-state index is 0.0870. The van der Waals surface area contributed by atoms with E-state index in [2.05, 4.69) is 80.2 Å². The maximum absolute atomic E-state index is 12.5. The molecule has 1 fully saturated rings. The third kappa shape index (κ3) is 4.42. The van der Waals surface area contributed by atoms with E-state index in [1.807, 2.05) is 18.2 Å². The molecule has 31 heavy (non-hydrogen) atoms. The highest BCUT2D eigenvalue weighted by Gasteiger charge is 2.35. The second kappa shape index (κ2) is 8.54. The standard InChI is InChI=1S/C26H31N3OS/c1-6-18-8-11-20(12-9-18)27-25-28-24(30)23(31-25)15-19-10-13-22-21(14-19)17(3)16-26(4,5)29(22)7-2/h8-15,17H,6-7,16H2,1-5H3,(H,27,28,30)/b23-15-/t17-/m1/s1. The average Bonchev–Trinajstić information content (AvgIpc) is 3.07. The molecule has 0 radical (unpaired) electrons. The summed E-state index contributed by atoms with van der Waals surface area (Å²) in [6.45, 7) is 12.3. The number of hydrogen-bond acceptors (Lipinski definition) is 4. The molecule has 1 atom stereocenters. The van der Waals surface area contributed by atoms with Crippen LogP contribution in [0.15, 0.2) is 52.4 Å². The first-order chi connectivity index (χ1) is 14.8. The maximum Gasteiger partial charge on any atom is 0.264 e. The second-order valence-corrected chi connectivity index (χ2v) is 10.0. The molecule has 0 aromatic heterocycles. The summed E-state index contributed by atoms with van der Waals surface area (Å²) in [5.41, 5.74) is 6.03. The van der Waals surface area contributed by atoms with Gasteiger partial charge in [0.2, 0.25) is 0 Å². The molecule has 1 N–H and O–H groups in total. The summed E-state index contributed by atoms with van der Waals surface area (Å²) < 4.78 is 0. The number of nitrogens with one attached hydrogen (secondary N) is 1. The van der Waals surface area contributed by atoms with Crippen LogP contribution in [0, 0.1) is 0 Å². The molecule has 2 aromatic carbocycles. The van der Waals surface area contributed by atoms with Crippen LogP contribution in [0.4, 0.5) is 11.4 Å². The van der Waals surface area contributed by atoms with Gasteiger partial charge < -0.3 is 10.2 Å². The number of hydrogen-bond donors (Lipinski definition) is 1. The van der Waals surface area contributed by atoms with Gasteiger partial charge in [0.1, 0.15) is 0 Å². The number of aliphatic imine (C=N–C) groups is 1. The van der Waals surface area contributed by atoms with E-state index in [-0.39, 0.29) is 11.4 Å². The quantitative estimate of drug-likeness (QED) is 0.579. The zero-order valence-electron chi connectivity index (χ0n) is 19.0. The van der Waals surface area contributed by atoms with Gasteiger partial charge in [-0.15, -0.1) is 0 Å². The van der Waals surface area contributed by atoms with Gasteiger partial charge >= 0.3 is 0 Å². The Morgan fingerprint density at radius 2 is 1.94 bits per heavy atom. The zero-order chi connectivity index (χ0) is 22.2. The Labute approximate surface area is 189 Å². The van der Waals surface area contributed by atoms with Gasteiger partial charge in [-0.05, 0) is 98.3 Å². The van der Waals surface area contributed by atoms with Crippen LogP contribution in [0.1, 0.15) is 63.6 Å². The van der Waals surface area contributed by atoms with E-state index in [1.165, 1.54) is 28.6 Å². The number of thioether (sulfide) groups is 1. The lowest BCUT2D eigenvalue weighted by Gasteiger charge is -2.47. The fraction of sp³-hybridized carbons (Fsp3) is 0.385. The number of rotatable bonds is 4. The Hall–Kier alpha value is -2.53. The number of fused-ring (bicyclic) bond motifs is 1.